The number of benzene rings is 1. The van der Waals surface area contributed by atoms with Crippen LogP contribution in [0.3, 0.4) is 0 Å². The predicted octanol–water partition coefficient (Wildman–Crippen LogP) is 2.49. The van der Waals surface area contributed by atoms with Crippen LogP contribution in [0.2, 0.25) is 0 Å². The van der Waals surface area contributed by atoms with Crippen LogP contribution in [0.5, 0.6) is 0 Å². The molecule has 2 heterocycles. The fraction of sp³-hybridized carbons (Fsp3) is 0.500. The van der Waals surface area contributed by atoms with E-state index in [2.05, 4.69) is 10.1 Å². The lowest BCUT2D eigenvalue weighted by atomic mass is 9.94. The number of nitrogens with zero attached hydrogens (tertiary/aromatic N) is 3. The molecule has 1 saturated carbocycles. The van der Waals surface area contributed by atoms with Crippen molar-refractivity contribution in [2.75, 3.05) is 13.1 Å². The van der Waals surface area contributed by atoms with Crippen LogP contribution in [0.25, 0.3) is 0 Å². The number of hydrogen-bond acceptors (Lipinski definition) is 5. The minimum atomic E-state index is -0.571. The third-order valence-corrected chi connectivity index (χ3v) is 5.02. The first-order valence-corrected chi connectivity index (χ1v) is 8.74. The summed E-state index contributed by atoms with van der Waals surface area (Å²) in [6.45, 7) is 1.39. The Morgan fingerprint density at radius 1 is 1.24 bits per heavy atom. The number of carbonyl (C=O) groups excluding carboxylic acids is 1. The van der Waals surface area contributed by atoms with Crippen LogP contribution in [0.15, 0.2) is 28.8 Å². The Bertz CT molecular complexity index is 757. The molecule has 1 aliphatic carbocycles. The van der Waals surface area contributed by atoms with Gasteiger partial charge in [0.25, 0.3) is 0 Å². The van der Waals surface area contributed by atoms with Crippen molar-refractivity contribution in [3.05, 3.63) is 47.4 Å². The minimum absolute atomic E-state index is 0.118. The van der Waals surface area contributed by atoms with Gasteiger partial charge in [-0.1, -0.05) is 17.3 Å². The number of likely N-dealkylation sites (tertiary alicyclic amines) is 1. The molecule has 1 aromatic carbocycles. The molecule has 0 spiro atoms. The standard InChI is InChI=1S/C18H21FN4O2/c19-14-7-5-11(6-8-14)15(16(20)24)23-9-1-2-13(10-23)17-21-18(25-22-17)12-3-4-12/h5-8,12-13,15H,1-4,9-10H2,(H2,20,24)/t13-,15-/m0/s1. The molecule has 1 aliphatic heterocycles. The summed E-state index contributed by atoms with van der Waals surface area (Å²) in [7, 11) is 0. The van der Waals surface area contributed by atoms with Crippen molar-refractivity contribution in [1.82, 2.24) is 15.0 Å². The second-order valence-electron chi connectivity index (χ2n) is 6.96. The van der Waals surface area contributed by atoms with E-state index in [1.165, 1.54) is 12.1 Å². The highest BCUT2D eigenvalue weighted by atomic mass is 19.1. The van der Waals surface area contributed by atoms with E-state index in [1.807, 2.05) is 4.90 Å². The third kappa shape index (κ3) is 3.42. The van der Waals surface area contributed by atoms with Gasteiger partial charge in [0.15, 0.2) is 5.82 Å². The molecule has 1 saturated heterocycles. The summed E-state index contributed by atoms with van der Waals surface area (Å²) in [5, 5.41) is 4.15. The van der Waals surface area contributed by atoms with Gasteiger partial charge in [-0.25, -0.2) is 4.39 Å². The molecule has 2 atom stereocenters. The summed E-state index contributed by atoms with van der Waals surface area (Å²) in [4.78, 5) is 18.7. The third-order valence-electron chi connectivity index (χ3n) is 5.02. The van der Waals surface area contributed by atoms with Crippen molar-refractivity contribution in [2.24, 2.45) is 5.73 Å². The van der Waals surface area contributed by atoms with Crippen LogP contribution in [0, 0.1) is 5.82 Å². The number of halogens is 1. The van der Waals surface area contributed by atoms with Gasteiger partial charge in [0, 0.05) is 18.4 Å². The molecule has 6 nitrogen and oxygen atoms in total. The van der Waals surface area contributed by atoms with Crippen LogP contribution >= 0.6 is 0 Å². The molecule has 4 rings (SSSR count). The molecule has 132 valence electrons. The first-order valence-electron chi connectivity index (χ1n) is 8.74. The smallest absolute Gasteiger partial charge is 0.239 e. The Morgan fingerprint density at radius 3 is 2.68 bits per heavy atom. The molecular weight excluding hydrogens is 323 g/mol. The lowest BCUT2D eigenvalue weighted by Gasteiger charge is -2.36. The van der Waals surface area contributed by atoms with Crippen molar-refractivity contribution in [1.29, 1.82) is 0 Å². The number of carbonyl (C=O) groups is 1. The van der Waals surface area contributed by atoms with E-state index in [1.54, 1.807) is 12.1 Å². The summed E-state index contributed by atoms with van der Waals surface area (Å²) >= 11 is 0. The normalized spacial score (nSPS) is 22.7. The fourth-order valence-corrected chi connectivity index (χ4v) is 3.56. The number of primary amides is 1. The van der Waals surface area contributed by atoms with Gasteiger partial charge >= 0.3 is 0 Å². The second kappa shape index (κ2) is 6.55. The van der Waals surface area contributed by atoms with Crippen LogP contribution in [0.4, 0.5) is 4.39 Å². The van der Waals surface area contributed by atoms with E-state index in [-0.39, 0.29) is 11.7 Å². The Labute approximate surface area is 145 Å². The summed E-state index contributed by atoms with van der Waals surface area (Å²) in [6, 6.07) is 5.38. The molecule has 2 N–H and O–H groups in total. The van der Waals surface area contributed by atoms with E-state index in [4.69, 9.17) is 10.3 Å². The monoisotopic (exact) mass is 344 g/mol. The lowest BCUT2D eigenvalue weighted by molar-refractivity contribution is -0.124. The first-order chi connectivity index (χ1) is 12.1. The zero-order valence-corrected chi connectivity index (χ0v) is 13.9. The zero-order valence-electron chi connectivity index (χ0n) is 13.9. The highest BCUT2D eigenvalue weighted by Gasteiger charge is 2.35. The molecule has 7 heteroatoms. The summed E-state index contributed by atoms with van der Waals surface area (Å²) < 4.78 is 18.6. The highest BCUT2D eigenvalue weighted by molar-refractivity contribution is 5.81. The number of piperidine rings is 1. The summed E-state index contributed by atoms with van der Waals surface area (Å²) in [6.07, 6.45) is 4.11. The molecule has 25 heavy (non-hydrogen) atoms. The van der Waals surface area contributed by atoms with Crippen LogP contribution in [-0.4, -0.2) is 34.0 Å². The van der Waals surface area contributed by atoms with Gasteiger partial charge in [0.2, 0.25) is 11.8 Å². The topological polar surface area (TPSA) is 85.3 Å². The molecule has 2 aliphatic rings. The number of rotatable bonds is 5. The van der Waals surface area contributed by atoms with Gasteiger partial charge in [-0.15, -0.1) is 0 Å². The Balaban J connectivity index is 1.53. The van der Waals surface area contributed by atoms with Gasteiger partial charge < -0.3 is 10.3 Å². The summed E-state index contributed by atoms with van der Waals surface area (Å²) in [5.41, 5.74) is 6.36. The molecule has 0 bridgehead atoms. The van der Waals surface area contributed by atoms with Gasteiger partial charge in [-0.05, 0) is 49.9 Å². The van der Waals surface area contributed by atoms with E-state index >= 15 is 0 Å². The summed E-state index contributed by atoms with van der Waals surface area (Å²) in [5.74, 6) is 1.23. The largest absolute Gasteiger partial charge is 0.368 e. The number of hydrogen-bond donors (Lipinski definition) is 1. The maximum absolute atomic E-state index is 13.2. The Hall–Kier alpha value is -2.28. The molecule has 0 unspecified atom stereocenters. The quantitative estimate of drug-likeness (QED) is 0.901. The van der Waals surface area contributed by atoms with Gasteiger partial charge in [-0.2, -0.15) is 4.98 Å². The highest BCUT2D eigenvalue weighted by Crippen LogP contribution is 2.40. The molecule has 1 amide bonds. The predicted molar refractivity (Wildman–Crippen MR) is 88.2 cm³/mol. The molecule has 0 radical (unpaired) electrons. The van der Waals surface area contributed by atoms with Crippen LogP contribution < -0.4 is 5.73 Å². The maximum Gasteiger partial charge on any atom is 0.239 e. The Morgan fingerprint density at radius 2 is 2.00 bits per heavy atom. The van der Waals surface area contributed by atoms with Gasteiger partial charge in [-0.3, -0.25) is 9.69 Å². The van der Waals surface area contributed by atoms with Crippen LogP contribution in [-0.2, 0) is 4.79 Å². The van der Waals surface area contributed by atoms with Crippen LogP contribution in [0.1, 0.15) is 60.8 Å². The van der Waals surface area contributed by atoms with E-state index in [0.717, 1.165) is 38.1 Å². The number of aromatic nitrogens is 2. The zero-order chi connectivity index (χ0) is 17.4. The van der Waals surface area contributed by atoms with Crippen molar-refractivity contribution < 1.29 is 13.7 Å². The van der Waals surface area contributed by atoms with Crippen molar-refractivity contribution >= 4 is 5.91 Å². The molecule has 2 fully saturated rings. The number of amides is 1. The molecule has 1 aromatic heterocycles. The maximum atomic E-state index is 13.2. The van der Waals surface area contributed by atoms with Crippen molar-refractivity contribution in [3.8, 4) is 0 Å². The first kappa shape index (κ1) is 16.2. The Kier molecular flexibility index (Phi) is 4.25. The average Bonchev–Trinajstić information content (AvgIpc) is 3.34. The fourth-order valence-electron chi connectivity index (χ4n) is 3.56. The second-order valence-corrected chi connectivity index (χ2v) is 6.96. The number of nitrogens with two attached hydrogens (primary N) is 1. The molecular formula is C18H21FN4O2. The van der Waals surface area contributed by atoms with E-state index in [0.29, 0.717) is 23.9 Å². The molecule has 2 aromatic rings. The lowest BCUT2D eigenvalue weighted by Crippen LogP contribution is -2.43. The van der Waals surface area contributed by atoms with Gasteiger partial charge in [0.1, 0.15) is 11.9 Å². The van der Waals surface area contributed by atoms with Crippen molar-refractivity contribution in [3.63, 3.8) is 0 Å². The van der Waals surface area contributed by atoms with E-state index in [9.17, 15) is 9.18 Å². The van der Waals surface area contributed by atoms with E-state index < -0.39 is 11.9 Å². The SMILES string of the molecule is NC(=O)[C@H](c1ccc(F)cc1)N1CCC[C@H](c2noc(C3CC3)n2)C1. The van der Waals surface area contributed by atoms with Gasteiger partial charge in [0.05, 0.1) is 0 Å². The average molecular weight is 344 g/mol. The minimum Gasteiger partial charge on any atom is -0.368 e. The van der Waals surface area contributed by atoms with Crippen molar-refractivity contribution in [2.45, 2.75) is 43.6 Å².